The van der Waals surface area contributed by atoms with Crippen LogP contribution in [0.15, 0.2) is 12.1 Å². The summed E-state index contributed by atoms with van der Waals surface area (Å²) in [6.07, 6.45) is 0.752. The molecule has 0 atom stereocenters. The lowest BCUT2D eigenvalue weighted by Crippen LogP contribution is -2.11. The van der Waals surface area contributed by atoms with Crippen molar-refractivity contribution in [2.24, 2.45) is 5.73 Å². The van der Waals surface area contributed by atoms with Crippen LogP contribution in [-0.2, 0) is 6.42 Å². The van der Waals surface area contributed by atoms with E-state index in [2.05, 4.69) is 0 Å². The summed E-state index contributed by atoms with van der Waals surface area (Å²) >= 11 is 6.13. The molecule has 0 fully saturated rings. The first-order valence-corrected chi connectivity index (χ1v) is 5.70. The van der Waals surface area contributed by atoms with Crippen molar-refractivity contribution in [2.75, 3.05) is 13.7 Å². The molecule has 0 aliphatic carbocycles. The van der Waals surface area contributed by atoms with Gasteiger partial charge < -0.3 is 15.2 Å². The Kier molecular flexibility index (Phi) is 4.90. The highest BCUT2D eigenvalue weighted by Gasteiger charge is 2.15. The van der Waals surface area contributed by atoms with Gasteiger partial charge in [0.1, 0.15) is 0 Å². The lowest BCUT2D eigenvalue weighted by atomic mass is 10.1. The smallest absolute Gasteiger partial charge is 0.166 e. The zero-order valence-electron chi connectivity index (χ0n) is 9.92. The number of methoxy groups -OCH3 is 1. The molecule has 0 spiro atoms. The van der Waals surface area contributed by atoms with E-state index < -0.39 is 0 Å². The summed E-state index contributed by atoms with van der Waals surface area (Å²) < 4.78 is 11.0. The highest BCUT2D eigenvalue weighted by Crippen LogP contribution is 2.36. The Morgan fingerprint density at radius 1 is 1.38 bits per heavy atom. The standard InChI is InChI=1S/C12H18ClNO2/c1-8(2)16-12-9(6-7-14)10(13)4-5-11(12)15-3/h4-5,8H,6-7,14H2,1-3H3. The van der Waals surface area contributed by atoms with Gasteiger partial charge in [-0.2, -0.15) is 0 Å². The quantitative estimate of drug-likeness (QED) is 0.865. The number of hydrogen-bond acceptors (Lipinski definition) is 3. The number of rotatable bonds is 5. The van der Waals surface area contributed by atoms with E-state index in [9.17, 15) is 0 Å². The van der Waals surface area contributed by atoms with Crippen LogP contribution >= 0.6 is 11.6 Å². The van der Waals surface area contributed by atoms with Gasteiger partial charge in [-0.3, -0.25) is 0 Å². The summed E-state index contributed by atoms with van der Waals surface area (Å²) in [6, 6.07) is 3.61. The topological polar surface area (TPSA) is 44.5 Å². The Labute approximate surface area is 101 Å². The van der Waals surface area contributed by atoms with Gasteiger partial charge in [-0.05, 0) is 38.9 Å². The van der Waals surface area contributed by atoms with E-state index >= 15 is 0 Å². The van der Waals surface area contributed by atoms with Gasteiger partial charge in [-0.1, -0.05) is 11.6 Å². The van der Waals surface area contributed by atoms with Crippen molar-refractivity contribution in [3.05, 3.63) is 22.7 Å². The molecular formula is C12H18ClNO2. The number of hydrogen-bond donors (Lipinski definition) is 1. The van der Waals surface area contributed by atoms with Crippen molar-refractivity contribution in [3.63, 3.8) is 0 Å². The maximum atomic E-state index is 6.13. The number of ether oxygens (including phenoxy) is 2. The third kappa shape index (κ3) is 3.03. The van der Waals surface area contributed by atoms with Crippen LogP contribution in [0.2, 0.25) is 5.02 Å². The molecule has 1 aromatic rings. The molecule has 4 heteroatoms. The lowest BCUT2D eigenvalue weighted by Gasteiger charge is -2.18. The van der Waals surface area contributed by atoms with E-state index in [-0.39, 0.29) is 6.10 Å². The Bertz CT molecular complexity index is 353. The molecule has 0 saturated heterocycles. The normalized spacial score (nSPS) is 10.6. The van der Waals surface area contributed by atoms with Crippen molar-refractivity contribution in [1.82, 2.24) is 0 Å². The van der Waals surface area contributed by atoms with Crippen LogP contribution in [0.5, 0.6) is 11.5 Å². The zero-order valence-corrected chi connectivity index (χ0v) is 10.7. The first-order chi connectivity index (χ1) is 7.60. The molecule has 0 aliphatic heterocycles. The van der Waals surface area contributed by atoms with E-state index in [1.165, 1.54) is 0 Å². The highest BCUT2D eigenvalue weighted by molar-refractivity contribution is 6.31. The number of halogens is 1. The second-order valence-corrected chi connectivity index (χ2v) is 4.17. The molecule has 0 unspecified atom stereocenters. The van der Waals surface area contributed by atoms with E-state index in [0.29, 0.717) is 29.5 Å². The summed E-state index contributed by atoms with van der Waals surface area (Å²) in [7, 11) is 1.61. The largest absolute Gasteiger partial charge is 0.493 e. The highest BCUT2D eigenvalue weighted by atomic mass is 35.5. The van der Waals surface area contributed by atoms with Crippen LogP contribution in [0.3, 0.4) is 0 Å². The fourth-order valence-corrected chi connectivity index (χ4v) is 1.73. The molecule has 0 saturated carbocycles. The Hall–Kier alpha value is -0.930. The van der Waals surface area contributed by atoms with Gasteiger partial charge in [0.25, 0.3) is 0 Å². The van der Waals surface area contributed by atoms with Crippen molar-refractivity contribution in [2.45, 2.75) is 26.4 Å². The Morgan fingerprint density at radius 3 is 2.56 bits per heavy atom. The van der Waals surface area contributed by atoms with Crippen LogP contribution in [-0.4, -0.2) is 19.8 Å². The summed E-state index contributed by atoms with van der Waals surface area (Å²) in [4.78, 5) is 0. The Balaban J connectivity index is 3.18. The molecule has 1 aromatic carbocycles. The molecule has 0 amide bonds. The molecule has 90 valence electrons. The third-order valence-corrected chi connectivity index (χ3v) is 2.49. The SMILES string of the molecule is COc1ccc(Cl)c(CCN)c1OC(C)C. The average Bonchev–Trinajstić information content (AvgIpc) is 2.23. The van der Waals surface area contributed by atoms with Crippen LogP contribution in [0.1, 0.15) is 19.4 Å². The minimum absolute atomic E-state index is 0.0730. The molecule has 2 N–H and O–H groups in total. The fourth-order valence-electron chi connectivity index (χ4n) is 1.49. The van der Waals surface area contributed by atoms with Crippen LogP contribution < -0.4 is 15.2 Å². The summed E-state index contributed by atoms with van der Waals surface area (Å²) in [5.74, 6) is 1.40. The van der Waals surface area contributed by atoms with Gasteiger partial charge in [0.2, 0.25) is 0 Å². The molecule has 0 radical (unpaired) electrons. The first-order valence-electron chi connectivity index (χ1n) is 5.32. The van der Waals surface area contributed by atoms with Crippen molar-refractivity contribution >= 4 is 11.6 Å². The minimum Gasteiger partial charge on any atom is -0.493 e. The number of nitrogens with two attached hydrogens (primary N) is 1. The molecule has 1 rings (SSSR count). The summed E-state index contributed by atoms with van der Waals surface area (Å²) in [6.45, 7) is 4.46. The second-order valence-electron chi connectivity index (χ2n) is 3.76. The molecule has 0 bridgehead atoms. The second kappa shape index (κ2) is 5.97. The number of benzene rings is 1. The van der Waals surface area contributed by atoms with Crippen molar-refractivity contribution < 1.29 is 9.47 Å². The third-order valence-electron chi connectivity index (χ3n) is 2.14. The summed E-state index contributed by atoms with van der Waals surface area (Å²) in [5, 5.41) is 0.668. The van der Waals surface area contributed by atoms with Crippen LogP contribution in [0.4, 0.5) is 0 Å². The van der Waals surface area contributed by atoms with Crippen LogP contribution in [0, 0.1) is 0 Å². The maximum Gasteiger partial charge on any atom is 0.166 e. The molecule has 16 heavy (non-hydrogen) atoms. The predicted molar refractivity (Wildman–Crippen MR) is 66.5 cm³/mol. The van der Waals surface area contributed by atoms with Gasteiger partial charge in [0, 0.05) is 10.6 Å². The van der Waals surface area contributed by atoms with Crippen molar-refractivity contribution in [1.29, 1.82) is 0 Å². The molecule has 0 aromatic heterocycles. The van der Waals surface area contributed by atoms with Gasteiger partial charge in [-0.15, -0.1) is 0 Å². The predicted octanol–water partition coefficient (Wildman–Crippen LogP) is 2.64. The molecule has 3 nitrogen and oxygen atoms in total. The van der Waals surface area contributed by atoms with Gasteiger partial charge >= 0.3 is 0 Å². The Morgan fingerprint density at radius 2 is 2.06 bits per heavy atom. The van der Waals surface area contributed by atoms with E-state index in [0.717, 1.165) is 5.56 Å². The lowest BCUT2D eigenvalue weighted by molar-refractivity contribution is 0.227. The molecule has 0 heterocycles. The molecule has 0 aliphatic rings. The van der Waals surface area contributed by atoms with Crippen molar-refractivity contribution in [3.8, 4) is 11.5 Å². The zero-order chi connectivity index (χ0) is 12.1. The average molecular weight is 244 g/mol. The monoisotopic (exact) mass is 243 g/mol. The van der Waals surface area contributed by atoms with E-state index in [1.54, 1.807) is 19.2 Å². The van der Waals surface area contributed by atoms with Gasteiger partial charge in [0.15, 0.2) is 11.5 Å². The summed E-state index contributed by atoms with van der Waals surface area (Å²) in [5.41, 5.74) is 6.48. The fraction of sp³-hybridized carbons (Fsp3) is 0.500. The van der Waals surface area contributed by atoms with E-state index in [4.69, 9.17) is 26.8 Å². The van der Waals surface area contributed by atoms with E-state index in [1.807, 2.05) is 13.8 Å². The minimum atomic E-state index is 0.0730. The van der Waals surface area contributed by atoms with Gasteiger partial charge in [0.05, 0.1) is 13.2 Å². The van der Waals surface area contributed by atoms with Crippen LogP contribution in [0.25, 0.3) is 0 Å². The first kappa shape index (κ1) is 13.1. The maximum absolute atomic E-state index is 6.13. The molecular weight excluding hydrogens is 226 g/mol. The van der Waals surface area contributed by atoms with Gasteiger partial charge in [-0.25, -0.2) is 0 Å².